The first kappa shape index (κ1) is 18.1. The SMILES string of the molecule is COc1cccc(C2=C3C(=O)N(c4ccc(C)cc4C)C(=O)[C@H]3ON2)c1OC. The number of imide groups is 1. The molecule has 0 radical (unpaired) electrons. The van der Waals surface area contributed by atoms with E-state index in [-0.39, 0.29) is 5.57 Å². The summed E-state index contributed by atoms with van der Waals surface area (Å²) in [5, 5.41) is 0. The van der Waals surface area contributed by atoms with Crippen molar-refractivity contribution in [2.75, 3.05) is 19.1 Å². The number of ether oxygens (including phenoxy) is 2. The molecule has 2 aliphatic rings. The zero-order valence-electron chi connectivity index (χ0n) is 16.0. The van der Waals surface area contributed by atoms with Crippen LogP contribution in [0.4, 0.5) is 5.69 Å². The highest BCUT2D eigenvalue weighted by atomic mass is 16.7. The van der Waals surface area contributed by atoms with Crippen molar-refractivity contribution in [3.8, 4) is 11.5 Å². The second kappa shape index (κ2) is 6.69. The summed E-state index contributed by atoms with van der Waals surface area (Å²) in [6.07, 6.45) is -1.00. The van der Waals surface area contributed by atoms with Crippen molar-refractivity contribution in [3.63, 3.8) is 0 Å². The number of carbonyl (C=O) groups excluding carboxylic acids is 2. The van der Waals surface area contributed by atoms with Crippen LogP contribution in [0, 0.1) is 13.8 Å². The number of hydrogen-bond acceptors (Lipinski definition) is 6. The van der Waals surface area contributed by atoms with Crippen molar-refractivity contribution in [2.45, 2.75) is 20.0 Å². The van der Waals surface area contributed by atoms with Crippen LogP contribution in [0.1, 0.15) is 16.7 Å². The van der Waals surface area contributed by atoms with Gasteiger partial charge in [0.05, 0.1) is 31.2 Å². The van der Waals surface area contributed by atoms with Crippen molar-refractivity contribution in [3.05, 3.63) is 58.7 Å². The van der Waals surface area contributed by atoms with Gasteiger partial charge in [0.25, 0.3) is 11.8 Å². The van der Waals surface area contributed by atoms with E-state index in [0.29, 0.717) is 28.4 Å². The van der Waals surface area contributed by atoms with Crippen LogP contribution in [0.5, 0.6) is 11.5 Å². The number of rotatable bonds is 4. The van der Waals surface area contributed by atoms with E-state index in [1.807, 2.05) is 26.0 Å². The van der Waals surface area contributed by atoms with Gasteiger partial charge in [-0.3, -0.25) is 19.9 Å². The van der Waals surface area contributed by atoms with Crippen LogP contribution in [-0.4, -0.2) is 32.1 Å². The quantitative estimate of drug-likeness (QED) is 0.822. The van der Waals surface area contributed by atoms with Crippen molar-refractivity contribution in [2.24, 2.45) is 0 Å². The molecule has 7 heteroatoms. The second-order valence-corrected chi connectivity index (χ2v) is 6.70. The molecular formula is C21H20N2O5. The molecule has 0 unspecified atom stereocenters. The van der Waals surface area contributed by atoms with E-state index in [4.69, 9.17) is 14.3 Å². The standard InChI is InChI=1S/C21H20N2O5/c1-11-8-9-14(12(2)10-11)23-20(24)16-17(22-28-19(16)21(23)25)13-6-5-7-15(26-3)18(13)27-4/h5-10,19,22H,1-4H3/t19-/m0/s1. The second-order valence-electron chi connectivity index (χ2n) is 6.70. The zero-order valence-corrected chi connectivity index (χ0v) is 16.0. The maximum absolute atomic E-state index is 13.2. The van der Waals surface area contributed by atoms with E-state index in [0.717, 1.165) is 11.1 Å². The van der Waals surface area contributed by atoms with Gasteiger partial charge in [0, 0.05) is 5.56 Å². The molecule has 0 aliphatic carbocycles. The van der Waals surface area contributed by atoms with Crippen LogP contribution in [0.2, 0.25) is 0 Å². The Labute approximate surface area is 162 Å². The van der Waals surface area contributed by atoms with E-state index in [9.17, 15) is 9.59 Å². The predicted octanol–water partition coefficient (Wildman–Crippen LogP) is 2.51. The fourth-order valence-corrected chi connectivity index (χ4v) is 3.66. The van der Waals surface area contributed by atoms with Crippen LogP contribution < -0.4 is 19.9 Å². The summed E-state index contributed by atoms with van der Waals surface area (Å²) < 4.78 is 10.8. The average Bonchev–Trinajstić information content (AvgIpc) is 3.22. The zero-order chi connectivity index (χ0) is 20.0. The number of hydroxylamine groups is 1. The van der Waals surface area contributed by atoms with Gasteiger partial charge in [-0.1, -0.05) is 23.8 Å². The minimum absolute atomic E-state index is 0.261. The summed E-state index contributed by atoms with van der Waals surface area (Å²) >= 11 is 0. The Balaban J connectivity index is 1.85. The Morgan fingerprint density at radius 2 is 1.86 bits per heavy atom. The van der Waals surface area contributed by atoms with Gasteiger partial charge in [-0.25, -0.2) is 4.90 Å². The summed E-state index contributed by atoms with van der Waals surface area (Å²) in [6.45, 7) is 3.83. The third-order valence-corrected chi connectivity index (χ3v) is 4.95. The fraction of sp³-hybridized carbons (Fsp3) is 0.238. The van der Waals surface area contributed by atoms with Gasteiger partial charge < -0.3 is 9.47 Å². The van der Waals surface area contributed by atoms with Crippen LogP contribution in [0.25, 0.3) is 5.70 Å². The molecule has 2 aromatic rings. The van der Waals surface area contributed by atoms with Crippen molar-refractivity contribution in [1.29, 1.82) is 0 Å². The monoisotopic (exact) mass is 380 g/mol. The lowest BCUT2D eigenvalue weighted by Crippen LogP contribution is -2.34. The minimum Gasteiger partial charge on any atom is -0.493 e. The van der Waals surface area contributed by atoms with Crippen LogP contribution >= 0.6 is 0 Å². The first-order chi connectivity index (χ1) is 13.5. The molecule has 0 aromatic heterocycles. The Morgan fingerprint density at radius 1 is 1.07 bits per heavy atom. The highest BCUT2D eigenvalue weighted by Gasteiger charge is 2.51. The first-order valence-electron chi connectivity index (χ1n) is 8.80. The van der Waals surface area contributed by atoms with E-state index in [1.165, 1.54) is 19.1 Å². The molecule has 1 atom stereocenters. The number of fused-ring (bicyclic) bond motifs is 1. The molecule has 28 heavy (non-hydrogen) atoms. The van der Waals surface area contributed by atoms with Crippen LogP contribution in [0.3, 0.4) is 0 Å². The molecule has 1 fully saturated rings. The van der Waals surface area contributed by atoms with Gasteiger partial charge >= 0.3 is 0 Å². The van der Waals surface area contributed by atoms with E-state index in [1.54, 1.807) is 24.3 Å². The van der Waals surface area contributed by atoms with Gasteiger partial charge in [-0.2, -0.15) is 0 Å². The number of amides is 2. The number of nitrogens with zero attached hydrogens (tertiary/aromatic N) is 1. The lowest BCUT2D eigenvalue weighted by molar-refractivity contribution is -0.127. The Bertz CT molecular complexity index is 1030. The molecule has 0 saturated carbocycles. The number of para-hydroxylation sites is 1. The summed E-state index contributed by atoms with van der Waals surface area (Å²) in [4.78, 5) is 32.8. The van der Waals surface area contributed by atoms with Crippen LogP contribution in [-0.2, 0) is 14.4 Å². The minimum atomic E-state index is -1.00. The molecule has 0 bridgehead atoms. The van der Waals surface area contributed by atoms with Crippen molar-refractivity contribution < 1.29 is 23.9 Å². The molecule has 2 heterocycles. The summed E-state index contributed by atoms with van der Waals surface area (Å²) in [6, 6.07) is 10.9. The average molecular weight is 380 g/mol. The molecule has 1 N–H and O–H groups in total. The summed E-state index contributed by atoms with van der Waals surface area (Å²) in [5.74, 6) is 0.138. The normalized spacial score (nSPS) is 18.4. The molecule has 2 aromatic carbocycles. The topological polar surface area (TPSA) is 77.1 Å². The smallest absolute Gasteiger partial charge is 0.270 e. The van der Waals surface area contributed by atoms with Gasteiger partial charge in [-0.05, 0) is 37.6 Å². The number of anilines is 1. The Kier molecular flexibility index (Phi) is 4.31. The number of benzene rings is 2. The highest BCUT2D eigenvalue weighted by molar-refractivity contribution is 6.33. The molecule has 0 spiro atoms. The van der Waals surface area contributed by atoms with Crippen molar-refractivity contribution >= 4 is 23.2 Å². The number of nitrogens with one attached hydrogen (secondary N) is 1. The Morgan fingerprint density at radius 3 is 2.54 bits per heavy atom. The largest absolute Gasteiger partial charge is 0.493 e. The molecule has 1 saturated heterocycles. The van der Waals surface area contributed by atoms with E-state index < -0.39 is 17.9 Å². The lowest BCUT2D eigenvalue weighted by Gasteiger charge is -2.19. The summed E-state index contributed by atoms with van der Waals surface area (Å²) in [7, 11) is 3.05. The number of aryl methyl sites for hydroxylation is 2. The predicted molar refractivity (Wildman–Crippen MR) is 103 cm³/mol. The third-order valence-electron chi connectivity index (χ3n) is 4.95. The third kappa shape index (κ3) is 2.55. The van der Waals surface area contributed by atoms with Crippen LogP contribution in [0.15, 0.2) is 42.0 Å². The van der Waals surface area contributed by atoms with Gasteiger partial charge in [0.15, 0.2) is 17.6 Å². The lowest BCUT2D eigenvalue weighted by atomic mass is 10.0. The maximum Gasteiger partial charge on any atom is 0.270 e. The van der Waals surface area contributed by atoms with E-state index in [2.05, 4.69) is 5.48 Å². The Hall–Kier alpha value is -3.32. The van der Waals surface area contributed by atoms with Gasteiger partial charge in [-0.15, -0.1) is 0 Å². The number of hydrogen-bond donors (Lipinski definition) is 1. The molecule has 4 rings (SSSR count). The molecular weight excluding hydrogens is 360 g/mol. The fourth-order valence-electron chi connectivity index (χ4n) is 3.66. The highest BCUT2D eigenvalue weighted by Crippen LogP contribution is 2.41. The van der Waals surface area contributed by atoms with Crippen molar-refractivity contribution in [1.82, 2.24) is 5.48 Å². The number of methoxy groups -OCH3 is 2. The van der Waals surface area contributed by atoms with Gasteiger partial charge in [0.2, 0.25) is 0 Å². The molecule has 144 valence electrons. The maximum atomic E-state index is 13.2. The first-order valence-corrected chi connectivity index (χ1v) is 8.80. The number of carbonyl (C=O) groups is 2. The molecule has 7 nitrogen and oxygen atoms in total. The van der Waals surface area contributed by atoms with Gasteiger partial charge in [0.1, 0.15) is 0 Å². The molecule has 2 aliphatic heterocycles. The van der Waals surface area contributed by atoms with E-state index >= 15 is 0 Å². The molecule has 2 amide bonds. The summed E-state index contributed by atoms with van der Waals surface area (Å²) in [5.41, 5.74) is 6.45.